The first kappa shape index (κ1) is 13.5. The summed E-state index contributed by atoms with van der Waals surface area (Å²) >= 11 is 0. The zero-order chi connectivity index (χ0) is 13.0. The van der Waals surface area contributed by atoms with Crippen LogP contribution in [-0.2, 0) is 14.2 Å². The monoisotopic (exact) mass is 252 g/mol. The Hall–Kier alpha value is -0.960. The van der Waals surface area contributed by atoms with Gasteiger partial charge >= 0.3 is 0 Å². The molecule has 5 unspecified atom stereocenters. The Balaban J connectivity index is 1.96. The van der Waals surface area contributed by atoms with Gasteiger partial charge in [-0.15, -0.1) is 0 Å². The molecule has 2 saturated carbocycles. The molecule has 3 heteroatoms. The van der Waals surface area contributed by atoms with Crippen molar-refractivity contribution in [2.24, 2.45) is 11.8 Å². The van der Waals surface area contributed by atoms with Crippen LogP contribution >= 0.6 is 0 Å². The van der Waals surface area contributed by atoms with Gasteiger partial charge in [-0.05, 0) is 43.9 Å². The lowest BCUT2D eigenvalue weighted by Gasteiger charge is -2.44. The second kappa shape index (κ2) is 6.28. The highest BCUT2D eigenvalue weighted by atomic mass is 16.5. The molecule has 0 N–H and O–H groups in total. The average molecular weight is 252 g/mol. The van der Waals surface area contributed by atoms with E-state index in [0.29, 0.717) is 12.0 Å². The van der Waals surface area contributed by atoms with Crippen molar-refractivity contribution in [3.8, 4) is 0 Å². The van der Waals surface area contributed by atoms with Gasteiger partial charge in [0.2, 0.25) is 0 Å². The van der Waals surface area contributed by atoms with Crippen molar-refractivity contribution >= 4 is 0 Å². The summed E-state index contributed by atoms with van der Waals surface area (Å²) in [6.07, 6.45) is 9.43. The smallest absolute Gasteiger partial charge is 0.124 e. The molecule has 18 heavy (non-hydrogen) atoms. The van der Waals surface area contributed by atoms with E-state index < -0.39 is 0 Å². The first-order chi connectivity index (χ1) is 8.78. The molecule has 2 rings (SSSR count). The maximum absolute atomic E-state index is 5.61. The van der Waals surface area contributed by atoms with Crippen molar-refractivity contribution in [1.29, 1.82) is 0 Å². The lowest BCUT2D eigenvalue weighted by molar-refractivity contribution is -0.0927. The third-order valence-corrected chi connectivity index (χ3v) is 4.44. The van der Waals surface area contributed by atoms with Crippen LogP contribution in [0, 0.1) is 11.8 Å². The van der Waals surface area contributed by atoms with Crippen LogP contribution in [0.15, 0.2) is 25.7 Å². The van der Waals surface area contributed by atoms with Crippen LogP contribution in [0.3, 0.4) is 0 Å². The normalized spacial score (nSPS) is 39.5. The van der Waals surface area contributed by atoms with Gasteiger partial charge in [-0.25, -0.2) is 0 Å². The minimum Gasteiger partial charge on any atom is -0.499 e. The van der Waals surface area contributed by atoms with Gasteiger partial charge in [-0.2, -0.15) is 0 Å². The summed E-state index contributed by atoms with van der Waals surface area (Å²) in [5.41, 5.74) is 0. The van der Waals surface area contributed by atoms with Crippen LogP contribution in [0.1, 0.15) is 32.1 Å². The third kappa shape index (κ3) is 2.89. The first-order valence-corrected chi connectivity index (χ1v) is 6.84. The molecule has 2 fully saturated rings. The predicted octanol–water partition coefficient (Wildman–Crippen LogP) is 3.27. The van der Waals surface area contributed by atoms with Gasteiger partial charge in [0.25, 0.3) is 0 Å². The van der Waals surface area contributed by atoms with Gasteiger partial charge < -0.3 is 14.2 Å². The lowest BCUT2D eigenvalue weighted by Crippen LogP contribution is -2.44. The number of rotatable bonds is 5. The highest BCUT2D eigenvalue weighted by Gasteiger charge is 2.41. The molecular weight excluding hydrogens is 228 g/mol. The van der Waals surface area contributed by atoms with Crippen LogP contribution < -0.4 is 0 Å². The molecule has 3 nitrogen and oxygen atoms in total. The topological polar surface area (TPSA) is 27.7 Å². The molecule has 0 aliphatic heterocycles. The first-order valence-electron chi connectivity index (χ1n) is 6.84. The molecule has 0 aromatic carbocycles. The van der Waals surface area contributed by atoms with Crippen molar-refractivity contribution in [2.75, 3.05) is 7.11 Å². The minimum absolute atomic E-state index is 0.149. The summed E-state index contributed by atoms with van der Waals surface area (Å²) in [5, 5.41) is 0. The SMILES string of the molecule is C=COC1CCC2CC(OC)C(OC=C)CC2C1. The van der Waals surface area contributed by atoms with E-state index in [1.54, 1.807) is 13.4 Å². The second-order valence-corrected chi connectivity index (χ2v) is 5.34. The number of methoxy groups -OCH3 is 1. The van der Waals surface area contributed by atoms with E-state index in [1.807, 2.05) is 0 Å². The fraction of sp³-hybridized carbons (Fsp3) is 0.733. The molecule has 0 aromatic rings. The number of ether oxygens (including phenoxy) is 3. The van der Waals surface area contributed by atoms with E-state index in [0.717, 1.165) is 31.6 Å². The summed E-state index contributed by atoms with van der Waals surface area (Å²) in [4.78, 5) is 0. The summed E-state index contributed by atoms with van der Waals surface area (Å²) < 4.78 is 16.7. The van der Waals surface area contributed by atoms with Gasteiger partial charge in [-0.1, -0.05) is 13.2 Å². The highest BCUT2D eigenvalue weighted by Crippen LogP contribution is 2.43. The highest BCUT2D eigenvalue weighted by molar-refractivity contribution is 4.92. The van der Waals surface area contributed by atoms with Crippen molar-refractivity contribution < 1.29 is 14.2 Å². The van der Waals surface area contributed by atoms with Gasteiger partial charge in [0, 0.05) is 7.11 Å². The molecule has 0 bridgehead atoms. The zero-order valence-corrected chi connectivity index (χ0v) is 11.2. The van der Waals surface area contributed by atoms with Crippen LogP contribution in [0.2, 0.25) is 0 Å². The summed E-state index contributed by atoms with van der Waals surface area (Å²) in [5.74, 6) is 1.43. The Labute approximate surface area is 110 Å². The van der Waals surface area contributed by atoms with E-state index >= 15 is 0 Å². The molecule has 0 aromatic heterocycles. The Morgan fingerprint density at radius 1 is 0.889 bits per heavy atom. The second-order valence-electron chi connectivity index (χ2n) is 5.34. The molecule has 102 valence electrons. The van der Waals surface area contributed by atoms with Gasteiger partial charge in [0.15, 0.2) is 0 Å². The number of fused-ring (bicyclic) bond motifs is 1. The Kier molecular flexibility index (Phi) is 4.70. The third-order valence-electron chi connectivity index (χ3n) is 4.44. The Bertz CT molecular complexity index is 289. The molecular formula is C15H24O3. The molecule has 0 saturated heterocycles. The Morgan fingerprint density at radius 3 is 2.28 bits per heavy atom. The van der Waals surface area contributed by atoms with E-state index in [9.17, 15) is 0 Å². The van der Waals surface area contributed by atoms with Crippen molar-refractivity contribution in [2.45, 2.75) is 50.4 Å². The van der Waals surface area contributed by atoms with E-state index in [4.69, 9.17) is 14.2 Å². The number of hydrogen-bond acceptors (Lipinski definition) is 3. The summed E-state index contributed by atoms with van der Waals surface area (Å²) in [6.45, 7) is 7.30. The quantitative estimate of drug-likeness (QED) is 0.703. The zero-order valence-electron chi connectivity index (χ0n) is 11.2. The van der Waals surface area contributed by atoms with Crippen LogP contribution in [0.4, 0.5) is 0 Å². The van der Waals surface area contributed by atoms with Crippen LogP contribution in [-0.4, -0.2) is 25.4 Å². The van der Waals surface area contributed by atoms with Crippen molar-refractivity contribution in [3.05, 3.63) is 25.7 Å². The van der Waals surface area contributed by atoms with E-state index in [1.165, 1.54) is 12.7 Å². The Morgan fingerprint density at radius 2 is 1.61 bits per heavy atom. The average Bonchev–Trinajstić information content (AvgIpc) is 2.38. The van der Waals surface area contributed by atoms with Crippen molar-refractivity contribution in [3.63, 3.8) is 0 Å². The minimum atomic E-state index is 0.149. The van der Waals surface area contributed by atoms with E-state index in [-0.39, 0.29) is 12.2 Å². The molecule has 0 amide bonds. The standard InChI is InChI=1S/C15H24O3/c1-4-17-13-7-6-11-9-14(16-3)15(18-5-2)10-12(11)8-13/h4-5,11-15H,1-2,6-10H2,3H3. The maximum Gasteiger partial charge on any atom is 0.124 e. The fourth-order valence-corrected chi connectivity index (χ4v) is 3.56. The summed E-state index contributed by atoms with van der Waals surface area (Å²) in [7, 11) is 1.77. The molecule has 0 radical (unpaired) electrons. The predicted molar refractivity (Wildman–Crippen MR) is 71.0 cm³/mol. The summed E-state index contributed by atoms with van der Waals surface area (Å²) in [6, 6.07) is 0. The van der Waals surface area contributed by atoms with Crippen LogP contribution in [0.5, 0.6) is 0 Å². The fourth-order valence-electron chi connectivity index (χ4n) is 3.56. The molecule has 2 aliphatic rings. The molecule has 0 spiro atoms. The van der Waals surface area contributed by atoms with E-state index in [2.05, 4.69) is 13.2 Å². The van der Waals surface area contributed by atoms with Gasteiger partial charge in [0.1, 0.15) is 6.10 Å². The maximum atomic E-state index is 5.61. The van der Waals surface area contributed by atoms with Gasteiger partial charge in [0.05, 0.1) is 24.7 Å². The molecule has 0 heterocycles. The number of hydrogen-bond donors (Lipinski definition) is 0. The largest absolute Gasteiger partial charge is 0.499 e. The molecule has 2 aliphatic carbocycles. The lowest BCUT2D eigenvalue weighted by atomic mass is 9.68. The molecule has 5 atom stereocenters. The van der Waals surface area contributed by atoms with Crippen molar-refractivity contribution in [1.82, 2.24) is 0 Å². The van der Waals surface area contributed by atoms with Gasteiger partial charge in [-0.3, -0.25) is 0 Å². The van der Waals surface area contributed by atoms with Crippen LogP contribution in [0.25, 0.3) is 0 Å².